The van der Waals surface area contributed by atoms with Gasteiger partial charge in [0, 0.05) is 6.54 Å². The Bertz CT molecular complexity index is 168. The van der Waals surface area contributed by atoms with Gasteiger partial charge in [-0.15, -0.1) is 0 Å². The molecule has 0 aromatic rings. The standard InChI is InChI=1S/C10H20N2O2/c1-2-5-12-10(13)8-14-9-3-6-11-7-4-9/h9,11H,2-8H2,1H3,(H,12,13). The summed E-state index contributed by atoms with van der Waals surface area (Å²) in [6, 6.07) is 0. The predicted octanol–water partition coefficient (Wildman–Crippen LogP) is 0.281. The van der Waals surface area contributed by atoms with E-state index < -0.39 is 0 Å². The molecule has 0 bridgehead atoms. The summed E-state index contributed by atoms with van der Waals surface area (Å²) in [5, 5.41) is 6.05. The van der Waals surface area contributed by atoms with Gasteiger partial charge < -0.3 is 15.4 Å². The molecule has 82 valence electrons. The summed E-state index contributed by atoms with van der Waals surface area (Å²) >= 11 is 0. The minimum atomic E-state index is 0.00498. The van der Waals surface area contributed by atoms with Crippen LogP contribution in [0.15, 0.2) is 0 Å². The predicted molar refractivity (Wildman–Crippen MR) is 55.1 cm³/mol. The normalized spacial score (nSPS) is 18.1. The highest BCUT2D eigenvalue weighted by Gasteiger charge is 2.14. The molecule has 0 aliphatic carbocycles. The number of amides is 1. The van der Waals surface area contributed by atoms with Crippen LogP contribution in [-0.2, 0) is 9.53 Å². The molecule has 1 fully saturated rings. The van der Waals surface area contributed by atoms with E-state index in [9.17, 15) is 4.79 Å². The van der Waals surface area contributed by atoms with Gasteiger partial charge in [-0.2, -0.15) is 0 Å². The minimum Gasteiger partial charge on any atom is -0.368 e. The molecule has 1 amide bonds. The first-order valence-corrected chi connectivity index (χ1v) is 5.42. The molecule has 4 nitrogen and oxygen atoms in total. The third-order valence-corrected chi connectivity index (χ3v) is 2.31. The monoisotopic (exact) mass is 200 g/mol. The van der Waals surface area contributed by atoms with E-state index in [0.29, 0.717) is 0 Å². The number of nitrogens with one attached hydrogen (secondary N) is 2. The summed E-state index contributed by atoms with van der Waals surface area (Å²) in [4.78, 5) is 11.2. The van der Waals surface area contributed by atoms with Crippen LogP contribution in [0.4, 0.5) is 0 Å². The van der Waals surface area contributed by atoms with Crippen molar-refractivity contribution in [1.29, 1.82) is 0 Å². The van der Waals surface area contributed by atoms with E-state index in [1.54, 1.807) is 0 Å². The molecule has 0 aromatic heterocycles. The van der Waals surface area contributed by atoms with Crippen molar-refractivity contribution >= 4 is 5.91 Å². The van der Waals surface area contributed by atoms with Crippen LogP contribution in [0.2, 0.25) is 0 Å². The van der Waals surface area contributed by atoms with E-state index in [0.717, 1.165) is 38.9 Å². The van der Waals surface area contributed by atoms with Gasteiger partial charge in [-0.05, 0) is 32.4 Å². The summed E-state index contributed by atoms with van der Waals surface area (Å²) in [5.41, 5.74) is 0. The zero-order valence-corrected chi connectivity index (χ0v) is 8.84. The van der Waals surface area contributed by atoms with Crippen molar-refractivity contribution in [3.05, 3.63) is 0 Å². The molecular formula is C10H20N2O2. The molecule has 0 saturated carbocycles. The van der Waals surface area contributed by atoms with Crippen LogP contribution < -0.4 is 10.6 Å². The van der Waals surface area contributed by atoms with Crippen molar-refractivity contribution in [1.82, 2.24) is 10.6 Å². The topological polar surface area (TPSA) is 50.4 Å². The van der Waals surface area contributed by atoms with Crippen molar-refractivity contribution in [2.24, 2.45) is 0 Å². The van der Waals surface area contributed by atoms with Crippen LogP contribution in [0, 0.1) is 0 Å². The fourth-order valence-electron chi connectivity index (χ4n) is 1.47. The highest BCUT2D eigenvalue weighted by Crippen LogP contribution is 2.06. The molecule has 2 N–H and O–H groups in total. The van der Waals surface area contributed by atoms with Gasteiger partial charge in [-0.25, -0.2) is 0 Å². The van der Waals surface area contributed by atoms with E-state index in [1.165, 1.54) is 0 Å². The molecule has 0 radical (unpaired) electrons. The summed E-state index contributed by atoms with van der Waals surface area (Å²) in [7, 11) is 0. The van der Waals surface area contributed by atoms with Crippen molar-refractivity contribution < 1.29 is 9.53 Å². The number of carbonyl (C=O) groups excluding carboxylic acids is 1. The summed E-state index contributed by atoms with van der Waals surface area (Å²) in [5.74, 6) is 0.00498. The van der Waals surface area contributed by atoms with Gasteiger partial charge in [0.15, 0.2) is 0 Å². The Kier molecular flexibility index (Phi) is 5.56. The molecule has 0 aromatic carbocycles. The van der Waals surface area contributed by atoms with Crippen LogP contribution in [0.3, 0.4) is 0 Å². The van der Waals surface area contributed by atoms with Crippen molar-refractivity contribution in [2.75, 3.05) is 26.2 Å². The largest absolute Gasteiger partial charge is 0.368 e. The van der Waals surface area contributed by atoms with Crippen molar-refractivity contribution in [2.45, 2.75) is 32.3 Å². The molecule has 0 atom stereocenters. The van der Waals surface area contributed by atoms with Gasteiger partial charge in [-0.1, -0.05) is 6.92 Å². The molecule has 0 spiro atoms. The number of ether oxygens (including phenoxy) is 1. The van der Waals surface area contributed by atoms with Gasteiger partial charge in [0.1, 0.15) is 6.61 Å². The Balaban J connectivity index is 2.03. The first-order valence-electron chi connectivity index (χ1n) is 5.42. The molecule has 1 rings (SSSR count). The van der Waals surface area contributed by atoms with Crippen molar-refractivity contribution in [3.8, 4) is 0 Å². The van der Waals surface area contributed by atoms with Crippen LogP contribution in [-0.4, -0.2) is 38.3 Å². The number of rotatable bonds is 5. The van der Waals surface area contributed by atoms with E-state index in [2.05, 4.69) is 10.6 Å². The first-order chi connectivity index (χ1) is 6.83. The molecule has 1 heterocycles. The highest BCUT2D eigenvalue weighted by atomic mass is 16.5. The Morgan fingerprint density at radius 1 is 1.50 bits per heavy atom. The van der Waals surface area contributed by atoms with Crippen LogP contribution >= 0.6 is 0 Å². The number of piperidine rings is 1. The third-order valence-electron chi connectivity index (χ3n) is 2.31. The van der Waals surface area contributed by atoms with E-state index >= 15 is 0 Å². The smallest absolute Gasteiger partial charge is 0.246 e. The minimum absolute atomic E-state index is 0.00498. The second-order valence-corrected chi connectivity index (χ2v) is 3.61. The maximum Gasteiger partial charge on any atom is 0.246 e. The van der Waals surface area contributed by atoms with Gasteiger partial charge in [0.05, 0.1) is 6.10 Å². The molecule has 14 heavy (non-hydrogen) atoms. The van der Waals surface area contributed by atoms with Crippen LogP contribution in [0.1, 0.15) is 26.2 Å². The number of carbonyl (C=O) groups is 1. The summed E-state index contributed by atoms with van der Waals surface area (Å²) < 4.78 is 5.49. The van der Waals surface area contributed by atoms with Gasteiger partial charge in [0.2, 0.25) is 5.91 Å². The van der Waals surface area contributed by atoms with E-state index in [-0.39, 0.29) is 18.6 Å². The lowest BCUT2D eigenvalue weighted by atomic mass is 10.1. The molecule has 0 unspecified atom stereocenters. The SMILES string of the molecule is CCCNC(=O)COC1CCNCC1. The second-order valence-electron chi connectivity index (χ2n) is 3.61. The molecule has 1 saturated heterocycles. The lowest BCUT2D eigenvalue weighted by Crippen LogP contribution is -2.35. The number of hydrogen-bond acceptors (Lipinski definition) is 3. The molecule has 1 aliphatic heterocycles. The molecule has 1 aliphatic rings. The van der Waals surface area contributed by atoms with Gasteiger partial charge >= 0.3 is 0 Å². The van der Waals surface area contributed by atoms with Crippen LogP contribution in [0.5, 0.6) is 0 Å². The fraction of sp³-hybridized carbons (Fsp3) is 0.900. The van der Waals surface area contributed by atoms with E-state index in [4.69, 9.17) is 4.74 Å². The Labute approximate surface area is 85.4 Å². The average Bonchev–Trinajstić information content (AvgIpc) is 2.25. The fourth-order valence-corrected chi connectivity index (χ4v) is 1.47. The highest BCUT2D eigenvalue weighted by molar-refractivity contribution is 5.77. The lowest BCUT2D eigenvalue weighted by molar-refractivity contribution is -0.128. The van der Waals surface area contributed by atoms with Gasteiger partial charge in [0.25, 0.3) is 0 Å². The Morgan fingerprint density at radius 3 is 2.86 bits per heavy atom. The number of hydrogen-bond donors (Lipinski definition) is 2. The maximum absolute atomic E-state index is 11.2. The molecular weight excluding hydrogens is 180 g/mol. The van der Waals surface area contributed by atoms with Crippen LogP contribution in [0.25, 0.3) is 0 Å². The maximum atomic E-state index is 11.2. The zero-order valence-electron chi connectivity index (χ0n) is 8.84. The summed E-state index contributed by atoms with van der Waals surface area (Å²) in [6.07, 6.45) is 3.27. The third kappa shape index (κ3) is 4.58. The average molecular weight is 200 g/mol. The zero-order chi connectivity index (χ0) is 10.2. The second kappa shape index (κ2) is 6.79. The Morgan fingerprint density at radius 2 is 2.21 bits per heavy atom. The molecule has 4 heteroatoms. The summed E-state index contributed by atoms with van der Waals surface area (Å²) in [6.45, 7) is 5.00. The van der Waals surface area contributed by atoms with E-state index in [1.807, 2.05) is 6.92 Å². The van der Waals surface area contributed by atoms with Gasteiger partial charge in [-0.3, -0.25) is 4.79 Å². The quantitative estimate of drug-likeness (QED) is 0.670. The van der Waals surface area contributed by atoms with Crippen molar-refractivity contribution in [3.63, 3.8) is 0 Å². The lowest BCUT2D eigenvalue weighted by Gasteiger charge is -2.22. The Hall–Kier alpha value is -0.610. The first kappa shape index (κ1) is 11.5.